The highest BCUT2D eigenvalue weighted by atomic mass is 32.1. The molecule has 4 fully saturated rings. The fourth-order valence-electron chi connectivity index (χ4n) is 8.13. The highest BCUT2D eigenvalue weighted by Crippen LogP contribution is 2.69. The zero-order chi connectivity index (χ0) is 23.2. The average molecular weight is 467 g/mol. The normalized spacial score (nSPS) is 48.2. The number of fused-ring (bicyclic) bond motifs is 5. The number of thiocarbonyl (C=S) groups is 1. The molecule has 0 heterocycles. The highest BCUT2D eigenvalue weighted by Gasteiger charge is 2.71. The monoisotopic (exact) mass is 466 g/mol. The number of hydrazone groups is 1. The van der Waals surface area contributed by atoms with Gasteiger partial charge in [0.1, 0.15) is 5.60 Å². The van der Waals surface area contributed by atoms with Crippen LogP contribution in [0.5, 0.6) is 0 Å². The number of hydrogen-bond donors (Lipinski definition) is 5. The van der Waals surface area contributed by atoms with E-state index in [2.05, 4.69) is 24.4 Å². The van der Waals surface area contributed by atoms with Crippen molar-refractivity contribution in [3.63, 3.8) is 0 Å². The molecule has 0 spiro atoms. The largest absolute Gasteiger partial charge is 0.389 e. The van der Waals surface area contributed by atoms with Crippen LogP contribution in [-0.2, 0) is 4.74 Å². The molecular formula is C24H42N4O3S. The predicted octanol–water partition coefficient (Wildman–Crippen LogP) is 2.43. The molecule has 32 heavy (non-hydrogen) atoms. The second kappa shape index (κ2) is 8.77. The first kappa shape index (κ1) is 24.3. The van der Waals surface area contributed by atoms with Crippen LogP contribution in [0.1, 0.15) is 78.1 Å². The van der Waals surface area contributed by atoms with Crippen LogP contribution in [0.4, 0.5) is 0 Å². The number of nitrogens with two attached hydrogens (primary N) is 2. The Morgan fingerprint density at radius 1 is 1.12 bits per heavy atom. The van der Waals surface area contributed by atoms with Crippen LogP contribution in [0.15, 0.2) is 5.10 Å². The molecule has 7 nitrogen and oxygen atoms in total. The summed E-state index contributed by atoms with van der Waals surface area (Å²) in [6.07, 6.45) is 11.3. The minimum Gasteiger partial charge on any atom is -0.389 e. The molecule has 8 atom stereocenters. The van der Waals surface area contributed by atoms with Gasteiger partial charge in [0.05, 0.1) is 17.9 Å². The molecule has 182 valence electrons. The molecule has 8 heteroatoms. The first-order chi connectivity index (χ1) is 15.1. The first-order valence-electron chi connectivity index (χ1n) is 12.5. The number of nitrogens with one attached hydrogen (secondary N) is 1. The molecule has 0 bridgehead atoms. The van der Waals surface area contributed by atoms with E-state index in [-0.39, 0.29) is 16.4 Å². The molecule has 0 amide bonds. The average Bonchev–Trinajstić information content (AvgIpc) is 2.95. The van der Waals surface area contributed by atoms with E-state index >= 15 is 0 Å². The summed E-state index contributed by atoms with van der Waals surface area (Å²) in [6.45, 7) is 5.96. The van der Waals surface area contributed by atoms with Gasteiger partial charge in [-0.05, 0) is 106 Å². The molecular weight excluding hydrogens is 424 g/mol. The Kier molecular flexibility index (Phi) is 6.66. The number of ether oxygens (including phenoxy) is 1. The number of nitrogens with zero attached hydrogens (tertiary/aromatic N) is 1. The lowest BCUT2D eigenvalue weighted by Crippen LogP contribution is -2.65. The first-order valence-corrected chi connectivity index (χ1v) is 12.9. The van der Waals surface area contributed by atoms with Crippen LogP contribution < -0.4 is 16.9 Å². The van der Waals surface area contributed by atoms with Gasteiger partial charge in [0.2, 0.25) is 0 Å². The van der Waals surface area contributed by atoms with Gasteiger partial charge in [0, 0.05) is 12.0 Å². The van der Waals surface area contributed by atoms with E-state index in [1.807, 2.05) is 0 Å². The third kappa shape index (κ3) is 3.70. The maximum absolute atomic E-state index is 12.2. The van der Waals surface area contributed by atoms with Gasteiger partial charge < -0.3 is 26.4 Å². The zero-order valence-corrected chi connectivity index (χ0v) is 20.5. The second-order valence-corrected chi connectivity index (χ2v) is 11.8. The zero-order valence-electron chi connectivity index (χ0n) is 19.7. The highest BCUT2D eigenvalue weighted by molar-refractivity contribution is 7.80. The van der Waals surface area contributed by atoms with Gasteiger partial charge in [-0.3, -0.25) is 5.43 Å². The Morgan fingerprint density at radius 3 is 2.62 bits per heavy atom. The smallest absolute Gasteiger partial charge is 0.184 e. The van der Waals surface area contributed by atoms with Crippen LogP contribution in [-0.4, -0.2) is 52.0 Å². The van der Waals surface area contributed by atoms with Crippen molar-refractivity contribution in [1.29, 1.82) is 0 Å². The van der Waals surface area contributed by atoms with E-state index in [0.29, 0.717) is 37.3 Å². The molecule has 4 aliphatic rings. The van der Waals surface area contributed by atoms with Gasteiger partial charge in [-0.1, -0.05) is 13.8 Å². The minimum absolute atomic E-state index is 0.0702. The van der Waals surface area contributed by atoms with Crippen LogP contribution in [0.2, 0.25) is 0 Å². The van der Waals surface area contributed by atoms with E-state index in [1.54, 1.807) is 0 Å². The van der Waals surface area contributed by atoms with Crippen LogP contribution in [0, 0.1) is 28.6 Å². The maximum atomic E-state index is 12.2. The molecule has 0 unspecified atom stereocenters. The second-order valence-electron chi connectivity index (χ2n) is 11.4. The maximum Gasteiger partial charge on any atom is 0.184 e. The Labute approximate surface area is 197 Å². The standard InChI is InChI=1S/C24H42N4O3S/c1-21-8-6-17(31-13-3-12-25)14-16(21)4-5-19-18(21)7-9-22(2)23(29,10-11-24(19,22)30)15-27-28-20(26)32/h15-19,29-30H,3-14,25H2,1-2H3,(H3,26,28,32)/b27-15+/t16-,17+,18+,19-,21+,22-,23+,24+/m1/s1. The summed E-state index contributed by atoms with van der Waals surface area (Å²) >= 11 is 4.82. The fraction of sp³-hybridized carbons (Fsp3) is 0.917. The van der Waals surface area contributed by atoms with Gasteiger partial charge >= 0.3 is 0 Å². The van der Waals surface area contributed by atoms with Crippen molar-refractivity contribution in [2.24, 2.45) is 45.2 Å². The summed E-state index contributed by atoms with van der Waals surface area (Å²) < 4.78 is 6.14. The van der Waals surface area contributed by atoms with Crippen molar-refractivity contribution in [3.05, 3.63) is 0 Å². The minimum atomic E-state index is -1.17. The lowest BCUT2D eigenvalue weighted by Gasteiger charge is -2.64. The van der Waals surface area contributed by atoms with Gasteiger partial charge in [0.25, 0.3) is 0 Å². The van der Waals surface area contributed by atoms with Crippen molar-refractivity contribution < 1.29 is 14.9 Å². The lowest BCUT2D eigenvalue weighted by molar-refractivity contribution is -0.225. The molecule has 0 aromatic heterocycles. The Morgan fingerprint density at radius 2 is 1.91 bits per heavy atom. The molecule has 0 aromatic carbocycles. The Balaban J connectivity index is 1.52. The van der Waals surface area contributed by atoms with Crippen LogP contribution >= 0.6 is 12.2 Å². The van der Waals surface area contributed by atoms with E-state index in [1.165, 1.54) is 6.21 Å². The summed E-state index contributed by atoms with van der Waals surface area (Å²) in [4.78, 5) is 0. The summed E-state index contributed by atoms with van der Waals surface area (Å²) in [7, 11) is 0. The summed E-state index contributed by atoms with van der Waals surface area (Å²) in [5, 5.41) is 27.9. The number of rotatable bonds is 6. The van der Waals surface area contributed by atoms with Crippen molar-refractivity contribution in [3.8, 4) is 0 Å². The molecule has 0 aromatic rings. The molecule has 0 radical (unpaired) electrons. The van der Waals surface area contributed by atoms with Gasteiger partial charge in [-0.2, -0.15) is 5.10 Å². The summed E-state index contributed by atoms with van der Waals surface area (Å²) in [6, 6.07) is 0. The van der Waals surface area contributed by atoms with Crippen molar-refractivity contribution in [2.45, 2.75) is 95.4 Å². The van der Waals surface area contributed by atoms with E-state index < -0.39 is 16.6 Å². The van der Waals surface area contributed by atoms with Gasteiger partial charge in [-0.25, -0.2) is 0 Å². The van der Waals surface area contributed by atoms with E-state index in [4.69, 9.17) is 28.4 Å². The predicted molar refractivity (Wildman–Crippen MR) is 130 cm³/mol. The third-order valence-electron chi connectivity index (χ3n) is 10.2. The van der Waals surface area contributed by atoms with Gasteiger partial charge in [-0.15, -0.1) is 0 Å². The molecule has 7 N–H and O–H groups in total. The van der Waals surface area contributed by atoms with Gasteiger partial charge in [0.15, 0.2) is 5.11 Å². The molecule has 4 rings (SSSR count). The van der Waals surface area contributed by atoms with Crippen LogP contribution in [0.25, 0.3) is 0 Å². The number of aliphatic hydroxyl groups is 2. The van der Waals surface area contributed by atoms with Crippen molar-refractivity contribution in [1.82, 2.24) is 5.43 Å². The molecule has 0 saturated heterocycles. The lowest BCUT2D eigenvalue weighted by atomic mass is 9.43. The topological polar surface area (TPSA) is 126 Å². The quantitative estimate of drug-likeness (QED) is 0.176. The van der Waals surface area contributed by atoms with Crippen LogP contribution in [0.3, 0.4) is 0 Å². The van der Waals surface area contributed by atoms with E-state index in [9.17, 15) is 10.2 Å². The SMILES string of the molecule is C[C@]12CC[C@H](OCCCN)C[C@H]1CC[C@@H]1[C@@H]2CC[C@]2(C)[C@@](O)(/C=N/NC(N)=S)CC[C@]12O. The number of hydrogen-bond acceptors (Lipinski definition) is 6. The van der Waals surface area contributed by atoms with E-state index in [0.717, 1.165) is 58.0 Å². The summed E-state index contributed by atoms with van der Waals surface area (Å²) in [5.41, 5.74) is 11.2. The Hall–Kier alpha value is -0.800. The van der Waals surface area contributed by atoms with Crippen molar-refractivity contribution in [2.75, 3.05) is 13.2 Å². The third-order valence-corrected chi connectivity index (χ3v) is 10.3. The fourth-order valence-corrected chi connectivity index (χ4v) is 8.19. The summed E-state index contributed by atoms with van der Waals surface area (Å²) in [5.74, 6) is 1.34. The molecule has 4 saturated carbocycles. The van der Waals surface area contributed by atoms with Crippen molar-refractivity contribution >= 4 is 23.5 Å². The Bertz CT molecular complexity index is 753. The molecule has 0 aliphatic heterocycles. The molecule has 4 aliphatic carbocycles.